The Morgan fingerprint density at radius 1 is 1.04 bits per heavy atom. The molecule has 2 N–H and O–H groups in total. The molecule has 0 aliphatic heterocycles. The monoisotopic (exact) mass is 498 g/mol. The molecule has 0 heterocycles. The molecule has 5 nitrogen and oxygen atoms in total. The number of carbonyl (C=O) groups is 1. The topological polar surface area (TPSA) is 56.7 Å². The number of hydrogen-bond donors (Lipinski definition) is 2. The number of carbonyl (C=O) groups excluding carboxylic acids is 1. The normalized spacial score (nSPS) is 10.7. The van der Waals surface area contributed by atoms with Gasteiger partial charge >= 0.3 is 0 Å². The van der Waals surface area contributed by atoms with Crippen molar-refractivity contribution in [1.29, 1.82) is 0 Å². The molecule has 1 amide bonds. The molecule has 0 fully saturated rings. The Labute approximate surface area is 183 Å². The summed E-state index contributed by atoms with van der Waals surface area (Å²) in [5.74, 6) is 1.75. The zero-order chi connectivity index (χ0) is 18.8. The van der Waals surface area contributed by atoms with Gasteiger partial charge in [0, 0.05) is 50.4 Å². The van der Waals surface area contributed by atoms with Crippen LogP contribution in [0.1, 0.15) is 15.9 Å². The van der Waals surface area contributed by atoms with Crippen molar-refractivity contribution in [2.45, 2.75) is 11.4 Å². The molecule has 0 aliphatic carbocycles. The third-order valence-corrected chi connectivity index (χ3v) is 4.71. The summed E-state index contributed by atoms with van der Waals surface area (Å²) in [6, 6.07) is 18.0. The second-order valence-electron chi connectivity index (χ2n) is 5.91. The maximum absolute atomic E-state index is 11.9. The summed E-state index contributed by atoms with van der Waals surface area (Å²) in [5, 5.41) is 6.60. The van der Waals surface area contributed by atoms with Gasteiger partial charge in [-0.2, -0.15) is 0 Å². The Morgan fingerprint density at radius 2 is 1.70 bits per heavy atom. The summed E-state index contributed by atoms with van der Waals surface area (Å²) < 4.78 is 0. The number of nitrogens with zero attached hydrogens (tertiary/aromatic N) is 2. The number of amides is 1. The van der Waals surface area contributed by atoms with Gasteiger partial charge in [-0.15, -0.1) is 35.7 Å². The van der Waals surface area contributed by atoms with Crippen molar-refractivity contribution in [3.05, 3.63) is 65.7 Å². The summed E-state index contributed by atoms with van der Waals surface area (Å²) in [7, 11) is 5.27. The smallest absolute Gasteiger partial charge is 0.253 e. The average molecular weight is 498 g/mol. The van der Waals surface area contributed by atoms with Gasteiger partial charge in [0.2, 0.25) is 0 Å². The minimum absolute atomic E-state index is 0. The zero-order valence-electron chi connectivity index (χ0n) is 15.9. The number of aliphatic imine (C=N–C) groups is 1. The van der Waals surface area contributed by atoms with E-state index in [1.54, 1.807) is 26.0 Å². The molecule has 0 radical (unpaired) electrons. The van der Waals surface area contributed by atoms with E-state index < -0.39 is 0 Å². The van der Waals surface area contributed by atoms with Crippen LogP contribution >= 0.6 is 35.7 Å². The Kier molecular flexibility index (Phi) is 10.9. The molecule has 2 rings (SSSR count). The number of halogens is 1. The molecule has 146 valence electrons. The summed E-state index contributed by atoms with van der Waals surface area (Å²) in [6.45, 7) is 1.48. The van der Waals surface area contributed by atoms with Crippen molar-refractivity contribution in [2.75, 3.05) is 33.4 Å². The molecular formula is C20H27IN4OS. The number of benzene rings is 2. The highest BCUT2D eigenvalue weighted by Crippen LogP contribution is 2.15. The first-order chi connectivity index (χ1) is 12.6. The van der Waals surface area contributed by atoms with Gasteiger partial charge in [-0.05, 0) is 29.8 Å². The molecule has 0 aromatic heterocycles. The Balaban J connectivity index is 0.00000364. The maximum atomic E-state index is 11.9. The average Bonchev–Trinajstić information content (AvgIpc) is 2.68. The standard InChI is InChI=1S/C20H26N4OS.HI/c1-21-20(22-13-14-26-18-7-5-4-6-8-18)23-15-16-9-11-17(12-10-16)19(25)24(2)3;/h4-12H,13-15H2,1-3H3,(H2,21,22,23);1H. The van der Waals surface area contributed by atoms with Gasteiger partial charge in [-0.25, -0.2) is 0 Å². The van der Waals surface area contributed by atoms with Gasteiger partial charge in [0.1, 0.15) is 0 Å². The number of guanidine groups is 1. The Bertz CT molecular complexity index is 721. The van der Waals surface area contributed by atoms with Crippen LogP contribution in [0.4, 0.5) is 0 Å². The minimum atomic E-state index is 0. The molecule has 0 unspecified atom stereocenters. The van der Waals surface area contributed by atoms with Crippen molar-refractivity contribution in [2.24, 2.45) is 4.99 Å². The van der Waals surface area contributed by atoms with E-state index in [-0.39, 0.29) is 29.9 Å². The highest BCUT2D eigenvalue weighted by Gasteiger charge is 2.07. The molecule has 2 aromatic rings. The summed E-state index contributed by atoms with van der Waals surface area (Å²) in [4.78, 5) is 19.0. The van der Waals surface area contributed by atoms with Crippen LogP contribution in [0.5, 0.6) is 0 Å². The van der Waals surface area contributed by atoms with Crippen molar-refractivity contribution >= 4 is 47.6 Å². The van der Waals surface area contributed by atoms with Crippen LogP contribution in [-0.2, 0) is 6.54 Å². The maximum Gasteiger partial charge on any atom is 0.253 e. The van der Waals surface area contributed by atoms with E-state index >= 15 is 0 Å². The van der Waals surface area contributed by atoms with Gasteiger partial charge < -0.3 is 15.5 Å². The molecule has 27 heavy (non-hydrogen) atoms. The largest absolute Gasteiger partial charge is 0.356 e. The molecule has 0 bridgehead atoms. The number of thioether (sulfide) groups is 1. The predicted molar refractivity (Wildman–Crippen MR) is 125 cm³/mol. The van der Waals surface area contributed by atoms with E-state index in [9.17, 15) is 4.79 Å². The van der Waals surface area contributed by atoms with Gasteiger partial charge in [0.15, 0.2) is 5.96 Å². The van der Waals surface area contributed by atoms with E-state index in [0.717, 1.165) is 23.8 Å². The fourth-order valence-corrected chi connectivity index (χ4v) is 3.07. The molecule has 7 heteroatoms. The van der Waals surface area contributed by atoms with Crippen molar-refractivity contribution in [1.82, 2.24) is 15.5 Å². The molecule has 0 spiro atoms. The fraction of sp³-hybridized carbons (Fsp3) is 0.300. The molecular weight excluding hydrogens is 471 g/mol. The van der Waals surface area contributed by atoms with E-state index in [2.05, 4.69) is 27.8 Å². The number of rotatable bonds is 7. The summed E-state index contributed by atoms with van der Waals surface area (Å²) >= 11 is 1.81. The Hall–Kier alpha value is -1.74. The van der Waals surface area contributed by atoms with Crippen LogP contribution in [0.25, 0.3) is 0 Å². The minimum Gasteiger partial charge on any atom is -0.356 e. The predicted octanol–water partition coefficient (Wildman–Crippen LogP) is 3.46. The molecule has 0 saturated heterocycles. The molecule has 0 atom stereocenters. The summed E-state index contributed by atoms with van der Waals surface area (Å²) in [6.07, 6.45) is 0. The second kappa shape index (κ2) is 12.6. The van der Waals surface area contributed by atoms with Gasteiger partial charge in [-0.3, -0.25) is 9.79 Å². The van der Waals surface area contributed by atoms with Crippen LogP contribution in [0.2, 0.25) is 0 Å². The lowest BCUT2D eigenvalue weighted by atomic mass is 10.1. The fourth-order valence-electron chi connectivity index (χ4n) is 2.28. The molecule has 0 aliphatic rings. The lowest BCUT2D eigenvalue weighted by Gasteiger charge is -2.13. The first-order valence-corrected chi connectivity index (χ1v) is 9.51. The second-order valence-corrected chi connectivity index (χ2v) is 7.08. The van der Waals surface area contributed by atoms with Crippen molar-refractivity contribution in [3.8, 4) is 0 Å². The third-order valence-electron chi connectivity index (χ3n) is 3.70. The molecule has 2 aromatic carbocycles. The highest BCUT2D eigenvalue weighted by atomic mass is 127. The number of nitrogens with one attached hydrogen (secondary N) is 2. The van der Waals surface area contributed by atoms with E-state index in [1.807, 2.05) is 54.2 Å². The third kappa shape index (κ3) is 8.21. The number of hydrogen-bond acceptors (Lipinski definition) is 3. The zero-order valence-corrected chi connectivity index (χ0v) is 19.1. The highest BCUT2D eigenvalue weighted by molar-refractivity contribution is 14.0. The van der Waals surface area contributed by atoms with Gasteiger partial charge in [0.25, 0.3) is 5.91 Å². The SMILES string of the molecule is CN=C(NCCSc1ccccc1)NCc1ccc(C(=O)N(C)C)cc1.I. The Morgan fingerprint density at radius 3 is 2.30 bits per heavy atom. The first-order valence-electron chi connectivity index (χ1n) is 8.53. The lowest BCUT2D eigenvalue weighted by Crippen LogP contribution is -2.37. The quantitative estimate of drug-likeness (QED) is 0.202. The van der Waals surface area contributed by atoms with Crippen LogP contribution < -0.4 is 10.6 Å². The van der Waals surface area contributed by atoms with E-state index in [4.69, 9.17) is 0 Å². The van der Waals surface area contributed by atoms with Crippen molar-refractivity contribution in [3.63, 3.8) is 0 Å². The first kappa shape index (κ1) is 23.3. The summed E-state index contributed by atoms with van der Waals surface area (Å²) in [5.41, 5.74) is 1.79. The molecule has 0 saturated carbocycles. The van der Waals surface area contributed by atoms with E-state index in [0.29, 0.717) is 12.1 Å². The lowest BCUT2D eigenvalue weighted by molar-refractivity contribution is 0.0827. The van der Waals surface area contributed by atoms with Crippen LogP contribution in [0.15, 0.2) is 64.5 Å². The van der Waals surface area contributed by atoms with Crippen LogP contribution in [0.3, 0.4) is 0 Å². The van der Waals surface area contributed by atoms with E-state index in [1.165, 1.54) is 4.90 Å². The van der Waals surface area contributed by atoms with Gasteiger partial charge in [-0.1, -0.05) is 30.3 Å². The van der Waals surface area contributed by atoms with Gasteiger partial charge in [0.05, 0.1) is 0 Å². The van der Waals surface area contributed by atoms with Crippen LogP contribution in [0, 0.1) is 0 Å². The van der Waals surface area contributed by atoms with Crippen molar-refractivity contribution < 1.29 is 4.79 Å². The van der Waals surface area contributed by atoms with Crippen LogP contribution in [-0.4, -0.2) is 50.2 Å².